The van der Waals surface area contributed by atoms with Gasteiger partial charge in [0.1, 0.15) is 17.1 Å². The number of aliphatic hydroxyl groups excluding tert-OH is 1. The van der Waals surface area contributed by atoms with Gasteiger partial charge in [0.2, 0.25) is 5.89 Å². The summed E-state index contributed by atoms with van der Waals surface area (Å²) >= 11 is 0. The fourth-order valence-electron chi connectivity index (χ4n) is 6.83. The van der Waals surface area contributed by atoms with Gasteiger partial charge in [-0.25, -0.2) is 9.97 Å². The summed E-state index contributed by atoms with van der Waals surface area (Å²) in [4.78, 5) is 16.9. The molecule has 1 atom stereocenters. The molecule has 248 valence electrons. The number of fused-ring (bicyclic) bond motifs is 2. The molecule has 1 aliphatic heterocycles. The number of likely N-dealkylation sites (tertiary alicyclic amines) is 1. The molecule has 0 amide bonds. The van der Waals surface area contributed by atoms with Crippen molar-refractivity contribution in [3.8, 4) is 28.7 Å². The van der Waals surface area contributed by atoms with Crippen molar-refractivity contribution in [2.75, 3.05) is 25.0 Å². The zero-order valence-corrected chi connectivity index (χ0v) is 28.3. The molecule has 9 heteroatoms. The zero-order valence-electron chi connectivity index (χ0n) is 28.3. The van der Waals surface area contributed by atoms with E-state index in [0.29, 0.717) is 35.6 Å². The number of aromatic nitrogens is 3. The van der Waals surface area contributed by atoms with Gasteiger partial charge in [-0.1, -0.05) is 30.7 Å². The molecule has 1 saturated heterocycles. The SMILES string of the molecule is Cc1c(Nc2nccc3cc(CN4CCCCC4)cnc23)cccc1-c1cccc(-c2nc3cc(CNC[C@H](C)O)cc(C#N)c3o2)c1C. The van der Waals surface area contributed by atoms with E-state index in [1.54, 1.807) is 6.92 Å². The van der Waals surface area contributed by atoms with Crippen molar-refractivity contribution in [1.82, 2.24) is 25.2 Å². The van der Waals surface area contributed by atoms with E-state index in [9.17, 15) is 10.4 Å². The van der Waals surface area contributed by atoms with Gasteiger partial charge in [0.05, 0.1) is 11.7 Å². The van der Waals surface area contributed by atoms with Crippen LogP contribution in [0.5, 0.6) is 0 Å². The highest BCUT2D eigenvalue weighted by molar-refractivity contribution is 5.91. The Morgan fingerprint density at radius 3 is 2.51 bits per heavy atom. The average Bonchev–Trinajstić information content (AvgIpc) is 3.53. The highest BCUT2D eigenvalue weighted by Gasteiger charge is 2.19. The lowest BCUT2D eigenvalue weighted by molar-refractivity contribution is 0.191. The molecule has 0 spiro atoms. The molecule has 6 aromatic rings. The summed E-state index contributed by atoms with van der Waals surface area (Å²) in [5.41, 5.74) is 10.6. The standard InChI is InChI=1S/C40H41N7O2/c1-25(48)21-42-22-28-17-31(20-41)38-36(19-28)46-40(49-38)34-11-7-9-32(26(34)2)33-10-8-12-35(27(33)3)45-39-37-30(13-14-43-39)18-29(23-44-37)24-47-15-5-4-6-16-47/h7-14,17-19,23,25,42,48H,4-6,15-16,21-22,24H2,1-3H3,(H,43,45)/t25-/m0/s1. The first-order chi connectivity index (χ1) is 23.9. The molecule has 0 unspecified atom stereocenters. The van der Waals surface area contributed by atoms with Crippen molar-refractivity contribution in [2.45, 2.75) is 59.2 Å². The Morgan fingerprint density at radius 2 is 1.71 bits per heavy atom. The monoisotopic (exact) mass is 651 g/mol. The second-order valence-corrected chi connectivity index (χ2v) is 13.1. The summed E-state index contributed by atoms with van der Waals surface area (Å²) in [6.45, 7) is 10.1. The summed E-state index contributed by atoms with van der Waals surface area (Å²) in [7, 11) is 0. The molecular formula is C40H41N7O2. The van der Waals surface area contributed by atoms with Gasteiger partial charge in [-0.15, -0.1) is 0 Å². The van der Waals surface area contributed by atoms with Crippen LogP contribution in [0.2, 0.25) is 0 Å². The van der Waals surface area contributed by atoms with E-state index >= 15 is 0 Å². The van der Waals surface area contributed by atoms with Gasteiger partial charge >= 0.3 is 0 Å². The van der Waals surface area contributed by atoms with Crippen LogP contribution in [0.25, 0.3) is 44.6 Å². The van der Waals surface area contributed by atoms with Crippen molar-refractivity contribution in [3.05, 3.63) is 101 Å². The maximum Gasteiger partial charge on any atom is 0.227 e. The highest BCUT2D eigenvalue weighted by atomic mass is 16.3. The van der Waals surface area contributed by atoms with Crippen LogP contribution in [0.1, 0.15) is 54.0 Å². The number of hydrogen-bond acceptors (Lipinski definition) is 9. The molecule has 0 aliphatic carbocycles. The van der Waals surface area contributed by atoms with Gasteiger partial charge < -0.3 is 20.2 Å². The van der Waals surface area contributed by atoms with Gasteiger partial charge in [0.15, 0.2) is 11.4 Å². The third-order valence-corrected chi connectivity index (χ3v) is 9.39. The molecule has 9 nitrogen and oxygen atoms in total. The van der Waals surface area contributed by atoms with Crippen LogP contribution in [-0.4, -0.2) is 50.7 Å². The lowest BCUT2D eigenvalue weighted by Gasteiger charge is -2.26. The first kappa shape index (κ1) is 32.4. The molecule has 3 N–H and O–H groups in total. The number of hydrogen-bond donors (Lipinski definition) is 3. The minimum atomic E-state index is -0.456. The Morgan fingerprint density at radius 1 is 0.939 bits per heavy atom. The minimum Gasteiger partial charge on any atom is -0.435 e. The number of rotatable bonds is 10. The number of nitrogens with one attached hydrogen (secondary N) is 2. The van der Waals surface area contributed by atoms with Gasteiger partial charge in [0.25, 0.3) is 0 Å². The molecule has 0 radical (unpaired) electrons. The lowest BCUT2D eigenvalue weighted by atomic mass is 9.93. The molecule has 1 aliphatic rings. The van der Waals surface area contributed by atoms with Crippen LogP contribution < -0.4 is 10.6 Å². The van der Waals surface area contributed by atoms with Gasteiger partial charge in [0, 0.05) is 48.7 Å². The number of piperidine rings is 1. The summed E-state index contributed by atoms with van der Waals surface area (Å²) in [5.74, 6) is 1.20. The Labute approximate surface area is 286 Å². The third-order valence-electron chi connectivity index (χ3n) is 9.39. The van der Waals surface area contributed by atoms with Gasteiger partial charge in [-0.2, -0.15) is 5.26 Å². The summed E-state index contributed by atoms with van der Waals surface area (Å²) in [6, 6.07) is 22.7. The molecule has 4 heterocycles. The predicted molar refractivity (Wildman–Crippen MR) is 194 cm³/mol. The number of nitriles is 1. The fraction of sp³-hybridized carbons (Fsp3) is 0.300. The van der Waals surface area contributed by atoms with Crippen LogP contribution in [0.3, 0.4) is 0 Å². The quantitative estimate of drug-likeness (QED) is 0.136. The molecule has 0 bridgehead atoms. The van der Waals surface area contributed by atoms with E-state index in [2.05, 4.69) is 70.8 Å². The Hall–Kier alpha value is -5.14. The van der Waals surface area contributed by atoms with Crippen LogP contribution >= 0.6 is 0 Å². The van der Waals surface area contributed by atoms with E-state index in [1.165, 1.54) is 24.8 Å². The molecular weight excluding hydrogens is 610 g/mol. The molecule has 3 aromatic carbocycles. The second-order valence-electron chi connectivity index (χ2n) is 13.1. The van der Waals surface area contributed by atoms with Crippen molar-refractivity contribution < 1.29 is 9.52 Å². The molecule has 3 aromatic heterocycles. The summed E-state index contributed by atoms with van der Waals surface area (Å²) in [6.07, 6.45) is 7.25. The average molecular weight is 652 g/mol. The summed E-state index contributed by atoms with van der Waals surface area (Å²) < 4.78 is 6.25. The first-order valence-electron chi connectivity index (χ1n) is 17.0. The maximum atomic E-state index is 9.88. The highest BCUT2D eigenvalue weighted by Crippen LogP contribution is 2.37. The van der Waals surface area contributed by atoms with Crippen LogP contribution in [0, 0.1) is 25.2 Å². The lowest BCUT2D eigenvalue weighted by Crippen LogP contribution is -2.29. The summed E-state index contributed by atoms with van der Waals surface area (Å²) in [5, 5.41) is 27.3. The largest absolute Gasteiger partial charge is 0.435 e. The second kappa shape index (κ2) is 14.1. The molecule has 49 heavy (non-hydrogen) atoms. The van der Waals surface area contributed by atoms with Crippen molar-refractivity contribution >= 4 is 33.5 Å². The number of oxazole rings is 1. The van der Waals surface area contributed by atoms with Crippen molar-refractivity contribution in [3.63, 3.8) is 0 Å². The Balaban J connectivity index is 1.17. The van der Waals surface area contributed by atoms with Crippen molar-refractivity contribution in [1.29, 1.82) is 5.26 Å². The van der Waals surface area contributed by atoms with E-state index in [4.69, 9.17) is 14.4 Å². The smallest absolute Gasteiger partial charge is 0.227 e. The number of nitrogens with zero attached hydrogens (tertiary/aromatic N) is 5. The first-order valence-corrected chi connectivity index (χ1v) is 17.0. The predicted octanol–water partition coefficient (Wildman–Crippen LogP) is 7.79. The number of benzene rings is 3. The van der Waals surface area contributed by atoms with Crippen LogP contribution in [0.15, 0.2) is 77.5 Å². The van der Waals surface area contributed by atoms with E-state index in [0.717, 1.165) is 75.4 Å². The minimum absolute atomic E-state index is 0.434. The number of pyridine rings is 2. The van der Waals surface area contributed by atoms with Crippen LogP contribution in [0.4, 0.5) is 11.5 Å². The molecule has 7 rings (SSSR count). The molecule has 1 fully saturated rings. The maximum absolute atomic E-state index is 9.88. The Kier molecular flexibility index (Phi) is 9.36. The van der Waals surface area contributed by atoms with E-state index < -0.39 is 6.10 Å². The number of aliphatic hydroxyl groups is 1. The van der Waals surface area contributed by atoms with Gasteiger partial charge in [-0.05, 0) is 116 Å². The topological polar surface area (TPSA) is 123 Å². The number of anilines is 2. The fourth-order valence-corrected chi connectivity index (χ4v) is 6.83. The normalized spacial score (nSPS) is 14.3. The zero-order chi connectivity index (χ0) is 33.9. The van der Waals surface area contributed by atoms with E-state index in [1.807, 2.05) is 42.7 Å². The van der Waals surface area contributed by atoms with Crippen LogP contribution in [-0.2, 0) is 13.1 Å². The van der Waals surface area contributed by atoms with E-state index in [-0.39, 0.29) is 0 Å². The van der Waals surface area contributed by atoms with Gasteiger partial charge in [-0.3, -0.25) is 9.88 Å². The Bertz CT molecular complexity index is 2180. The third kappa shape index (κ3) is 6.90. The van der Waals surface area contributed by atoms with Crippen molar-refractivity contribution in [2.24, 2.45) is 0 Å². The molecule has 0 saturated carbocycles.